The minimum absolute atomic E-state index is 0.203. The van der Waals surface area contributed by atoms with Gasteiger partial charge >= 0.3 is 5.97 Å². The first-order chi connectivity index (χ1) is 9.54. The van der Waals surface area contributed by atoms with Crippen molar-refractivity contribution in [3.63, 3.8) is 0 Å². The van der Waals surface area contributed by atoms with Crippen LogP contribution in [0.25, 0.3) is 11.1 Å². The van der Waals surface area contributed by atoms with Gasteiger partial charge in [-0.1, -0.05) is 31.2 Å². The highest BCUT2D eigenvalue weighted by Gasteiger charge is 2.08. The lowest BCUT2D eigenvalue weighted by Crippen LogP contribution is -2.05. The number of rotatable bonds is 6. The summed E-state index contributed by atoms with van der Waals surface area (Å²) in [5.74, 6) is -0.517. The van der Waals surface area contributed by atoms with Gasteiger partial charge in [-0.05, 0) is 29.9 Å². The average molecular weight is 272 g/mol. The SMILES string of the molecule is CC(CCc1cccc(-c2cnn(C)c2)c1)CC(=O)O. The third kappa shape index (κ3) is 3.95. The normalized spacial score (nSPS) is 12.3. The minimum atomic E-state index is -0.721. The molecule has 0 saturated carbocycles. The summed E-state index contributed by atoms with van der Waals surface area (Å²) in [6, 6.07) is 8.36. The van der Waals surface area contributed by atoms with Gasteiger partial charge in [0.1, 0.15) is 0 Å². The Labute approximate surface area is 119 Å². The second-order valence-corrected chi connectivity index (χ2v) is 5.34. The predicted octanol–water partition coefficient (Wildman–Crippen LogP) is 3.13. The van der Waals surface area contributed by atoms with Crippen LogP contribution in [0.2, 0.25) is 0 Å². The highest BCUT2D eigenvalue weighted by molar-refractivity contribution is 5.67. The van der Waals surface area contributed by atoms with Crippen molar-refractivity contribution in [1.82, 2.24) is 9.78 Å². The molecule has 0 bridgehead atoms. The summed E-state index contributed by atoms with van der Waals surface area (Å²) in [5.41, 5.74) is 3.50. The molecule has 2 rings (SSSR count). The largest absolute Gasteiger partial charge is 0.481 e. The van der Waals surface area contributed by atoms with Crippen molar-refractivity contribution in [2.24, 2.45) is 13.0 Å². The van der Waals surface area contributed by atoms with E-state index in [-0.39, 0.29) is 12.3 Å². The van der Waals surface area contributed by atoms with Crippen molar-refractivity contribution in [2.75, 3.05) is 0 Å². The van der Waals surface area contributed by atoms with Crippen LogP contribution in [0.5, 0.6) is 0 Å². The van der Waals surface area contributed by atoms with Gasteiger partial charge in [0.15, 0.2) is 0 Å². The van der Waals surface area contributed by atoms with Crippen LogP contribution >= 0.6 is 0 Å². The van der Waals surface area contributed by atoms with Crippen molar-refractivity contribution < 1.29 is 9.90 Å². The van der Waals surface area contributed by atoms with Crippen molar-refractivity contribution >= 4 is 5.97 Å². The van der Waals surface area contributed by atoms with Crippen molar-refractivity contribution in [3.05, 3.63) is 42.2 Å². The number of carboxylic acids is 1. The molecule has 0 aliphatic carbocycles. The lowest BCUT2D eigenvalue weighted by molar-refractivity contribution is -0.138. The van der Waals surface area contributed by atoms with Crippen LogP contribution < -0.4 is 0 Å². The maximum absolute atomic E-state index is 10.7. The quantitative estimate of drug-likeness (QED) is 0.879. The van der Waals surface area contributed by atoms with E-state index in [1.807, 2.05) is 32.4 Å². The zero-order chi connectivity index (χ0) is 14.5. The molecule has 0 aliphatic heterocycles. The molecule has 0 radical (unpaired) electrons. The monoisotopic (exact) mass is 272 g/mol. The van der Waals surface area contributed by atoms with Crippen LogP contribution in [-0.4, -0.2) is 20.9 Å². The molecule has 0 fully saturated rings. The van der Waals surface area contributed by atoms with Crippen LogP contribution in [0.4, 0.5) is 0 Å². The molecular formula is C16H20N2O2. The molecule has 1 aromatic carbocycles. The maximum atomic E-state index is 10.7. The molecule has 20 heavy (non-hydrogen) atoms. The second-order valence-electron chi connectivity index (χ2n) is 5.34. The summed E-state index contributed by atoms with van der Waals surface area (Å²) in [6.45, 7) is 1.99. The summed E-state index contributed by atoms with van der Waals surface area (Å²) >= 11 is 0. The Hall–Kier alpha value is -2.10. The summed E-state index contributed by atoms with van der Waals surface area (Å²) < 4.78 is 1.79. The number of aromatic nitrogens is 2. The summed E-state index contributed by atoms with van der Waals surface area (Å²) in [5, 5.41) is 12.9. The number of aliphatic carboxylic acids is 1. The van der Waals surface area contributed by atoms with Crippen molar-refractivity contribution in [1.29, 1.82) is 0 Å². The Balaban J connectivity index is 2.01. The van der Waals surface area contributed by atoms with Crippen LogP contribution in [0, 0.1) is 5.92 Å². The average Bonchev–Trinajstić information content (AvgIpc) is 2.83. The highest BCUT2D eigenvalue weighted by Crippen LogP contribution is 2.21. The molecule has 2 aromatic rings. The lowest BCUT2D eigenvalue weighted by Gasteiger charge is -2.09. The summed E-state index contributed by atoms with van der Waals surface area (Å²) in [7, 11) is 1.90. The second kappa shape index (κ2) is 6.37. The topological polar surface area (TPSA) is 55.1 Å². The van der Waals surface area contributed by atoms with Gasteiger partial charge in [-0.15, -0.1) is 0 Å². The molecule has 1 unspecified atom stereocenters. The van der Waals surface area contributed by atoms with Crippen molar-refractivity contribution in [2.45, 2.75) is 26.2 Å². The fraction of sp³-hybridized carbons (Fsp3) is 0.375. The van der Waals surface area contributed by atoms with Crippen LogP contribution in [-0.2, 0) is 18.3 Å². The van der Waals surface area contributed by atoms with Gasteiger partial charge in [-0.2, -0.15) is 5.10 Å². The molecular weight excluding hydrogens is 252 g/mol. The van der Waals surface area contributed by atoms with E-state index >= 15 is 0 Å². The van der Waals surface area contributed by atoms with E-state index in [0.29, 0.717) is 0 Å². The first-order valence-electron chi connectivity index (χ1n) is 6.84. The molecule has 0 aliphatic rings. The molecule has 106 valence electrons. The van der Waals surface area contributed by atoms with Crippen LogP contribution in [0.3, 0.4) is 0 Å². The molecule has 1 atom stereocenters. The van der Waals surface area contributed by atoms with E-state index < -0.39 is 5.97 Å². The lowest BCUT2D eigenvalue weighted by atomic mass is 9.97. The first-order valence-corrected chi connectivity index (χ1v) is 6.84. The predicted molar refractivity (Wildman–Crippen MR) is 78.4 cm³/mol. The van der Waals surface area contributed by atoms with E-state index in [0.717, 1.165) is 24.0 Å². The minimum Gasteiger partial charge on any atom is -0.481 e. The number of hydrogen-bond acceptors (Lipinski definition) is 2. The number of nitrogens with zero attached hydrogens (tertiary/aromatic N) is 2. The fourth-order valence-electron chi connectivity index (χ4n) is 2.29. The Morgan fingerprint density at radius 2 is 2.20 bits per heavy atom. The number of aryl methyl sites for hydroxylation is 2. The Bertz CT molecular complexity index is 590. The molecule has 1 N–H and O–H groups in total. The maximum Gasteiger partial charge on any atom is 0.303 e. The van der Waals surface area contributed by atoms with Crippen LogP contribution in [0.1, 0.15) is 25.3 Å². The Morgan fingerprint density at radius 1 is 1.40 bits per heavy atom. The van der Waals surface area contributed by atoms with E-state index in [1.54, 1.807) is 4.68 Å². The standard InChI is InChI=1S/C16H20N2O2/c1-12(8-16(19)20)6-7-13-4-3-5-14(9-13)15-10-17-18(2)11-15/h3-5,9-12H,6-8H2,1-2H3,(H,19,20). The van der Waals surface area contributed by atoms with Crippen LogP contribution in [0.15, 0.2) is 36.7 Å². The van der Waals surface area contributed by atoms with E-state index in [9.17, 15) is 4.79 Å². The van der Waals surface area contributed by atoms with Gasteiger partial charge in [0, 0.05) is 25.2 Å². The molecule has 0 spiro atoms. The van der Waals surface area contributed by atoms with Crippen molar-refractivity contribution in [3.8, 4) is 11.1 Å². The summed E-state index contributed by atoms with van der Waals surface area (Å²) in [4.78, 5) is 10.7. The van der Waals surface area contributed by atoms with Gasteiger partial charge < -0.3 is 5.11 Å². The summed E-state index contributed by atoms with van der Waals surface area (Å²) in [6.07, 6.45) is 5.88. The van der Waals surface area contributed by atoms with Gasteiger partial charge in [0.05, 0.1) is 6.20 Å². The zero-order valence-electron chi connectivity index (χ0n) is 11.9. The van der Waals surface area contributed by atoms with E-state index in [4.69, 9.17) is 5.11 Å². The highest BCUT2D eigenvalue weighted by atomic mass is 16.4. The van der Waals surface area contributed by atoms with E-state index in [2.05, 4.69) is 23.3 Å². The van der Waals surface area contributed by atoms with Gasteiger partial charge in [-0.3, -0.25) is 9.48 Å². The number of hydrogen-bond donors (Lipinski definition) is 1. The molecule has 4 heteroatoms. The van der Waals surface area contributed by atoms with Gasteiger partial charge in [0.2, 0.25) is 0 Å². The molecule has 4 nitrogen and oxygen atoms in total. The third-order valence-electron chi connectivity index (χ3n) is 3.41. The number of carboxylic acid groups (broad SMARTS) is 1. The third-order valence-corrected chi connectivity index (χ3v) is 3.41. The van der Waals surface area contributed by atoms with Gasteiger partial charge in [-0.25, -0.2) is 0 Å². The number of benzene rings is 1. The zero-order valence-corrected chi connectivity index (χ0v) is 11.9. The van der Waals surface area contributed by atoms with E-state index in [1.165, 1.54) is 5.56 Å². The Kier molecular flexibility index (Phi) is 4.56. The van der Waals surface area contributed by atoms with Gasteiger partial charge in [0.25, 0.3) is 0 Å². The number of carbonyl (C=O) groups is 1. The first kappa shape index (κ1) is 14.3. The Morgan fingerprint density at radius 3 is 2.85 bits per heavy atom. The smallest absolute Gasteiger partial charge is 0.303 e. The fourth-order valence-corrected chi connectivity index (χ4v) is 2.29. The molecule has 1 heterocycles. The molecule has 1 aromatic heterocycles. The molecule has 0 amide bonds. The molecule has 0 saturated heterocycles.